The highest BCUT2D eigenvalue weighted by Crippen LogP contribution is 2.32. The van der Waals surface area contributed by atoms with Crippen molar-refractivity contribution in [1.29, 1.82) is 0 Å². The minimum Gasteiger partial charge on any atom is -0.488 e. The summed E-state index contributed by atoms with van der Waals surface area (Å²) < 4.78 is 31.3. The molecule has 2 N–H and O–H groups in total. The molecule has 0 saturated heterocycles. The monoisotopic (exact) mass is 312 g/mol. The van der Waals surface area contributed by atoms with E-state index in [0.29, 0.717) is 17.4 Å². The summed E-state index contributed by atoms with van der Waals surface area (Å²) in [6, 6.07) is 4.68. The molecule has 0 amide bonds. The summed E-state index contributed by atoms with van der Waals surface area (Å²) in [5.74, 6) is 1.08. The van der Waals surface area contributed by atoms with Gasteiger partial charge in [0.1, 0.15) is 11.9 Å². The number of nitrogens with two attached hydrogens (primary N) is 1. The van der Waals surface area contributed by atoms with Crippen molar-refractivity contribution in [2.45, 2.75) is 43.6 Å². The lowest BCUT2D eigenvalue weighted by atomic mass is 9.88. The molecule has 21 heavy (non-hydrogen) atoms. The van der Waals surface area contributed by atoms with Crippen LogP contribution in [0.4, 0.5) is 5.69 Å². The Morgan fingerprint density at radius 3 is 2.48 bits per heavy atom. The minimum atomic E-state index is -3.46. The lowest BCUT2D eigenvalue weighted by Gasteiger charge is -2.29. The average molecular weight is 312 g/mol. The maximum absolute atomic E-state index is 12.1. The zero-order chi connectivity index (χ0) is 15.6. The fourth-order valence-corrected chi connectivity index (χ4v) is 3.56. The first-order chi connectivity index (χ1) is 9.82. The van der Waals surface area contributed by atoms with Crippen molar-refractivity contribution in [2.75, 3.05) is 19.8 Å². The van der Waals surface area contributed by atoms with E-state index in [9.17, 15) is 8.42 Å². The second kappa shape index (κ2) is 6.23. The van der Waals surface area contributed by atoms with Crippen molar-refractivity contribution in [3.63, 3.8) is 0 Å². The topological polar surface area (TPSA) is 72.6 Å². The number of nitrogens with zero attached hydrogens (tertiary/aromatic N) is 1. The molecule has 5 nitrogen and oxygen atoms in total. The summed E-state index contributed by atoms with van der Waals surface area (Å²) in [4.78, 5) is 0.189. The molecule has 1 saturated carbocycles. The molecular formula is C15H24N2O3S. The van der Waals surface area contributed by atoms with Crippen LogP contribution in [0.2, 0.25) is 0 Å². The summed E-state index contributed by atoms with van der Waals surface area (Å²) in [6.07, 6.45) is 4.77. The molecule has 1 aromatic carbocycles. The molecule has 0 radical (unpaired) electrons. The van der Waals surface area contributed by atoms with Gasteiger partial charge in [-0.25, -0.2) is 12.7 Å². The number of benzene rings is 1. The van der Waals surface area contributed by atoms with E-state index >= 15 is 0 Å². The number of ether oxygens (including phenoxy) is 1. The van der Waals surface area contributed by atoms with Gasteiger partial charge in [0.15, 0.2) is 0 Å². The zero-order valence-electron chi connectivity index (χ0n) is 12.9. The van der Waals surface area contributed by atoms with Crippen molar-refractivity contribution in [2.24, 2.45) is 5.92 Å². The van der Waals surface area contributed by atoms with E-state index in [1.54, 1.807) is 12.1 Å². The van der Waals surface area contributed by atoms with Crippen LogP contribution in [-0.2, 0) is 10.0 Å². The Morgan fingerprint density at radius 1 is 1.24 bits per heavy atom. The third kappa shape index (κ3) is 3.49. The van der Waals surface area contributed by atoms with Crippen LogP contribution in [-0.4, -0.2) is 32.9 Å². The lowest BCUT2D eigenvalue weighted by Crippen LogP contribution is -2.28. The molecular weight excluding hydrogens is 288 g/mol. The molecule has 0 aliphatic heterocycles. The minimum absolute atomic E-state index is 0.164. The Balaban J connectivity index is 2.20. The van der Waals surface area contributed by atoms with Gasteiger partial charge in [0.05, 0.1) is 10.6 Å². The van der Waals surface area contributed by atoms with Crippen LogP contribution in [0.3, 0.4) is 0 Å². The van der Waals surface area contributed by atoms with Gasteiger partial charge in [0.25, 0.3) is 0 Å². The van der Waals surface area contributed by atoms with Crippen molar-refractivity contribution in [3.8, 4) is 5.75 Å². The van der Waals surface area contributed by atoms with Crippen LogP contribution in [0.5, 0.6) is 5.75 Å². The quantitative estimate of drug-likeness (QED) is 0.867. The van der Waals surface area contributed by atoms with E-state index in [1.165, 1.54) is 37.3 Å². The molecule has 2 rings (SSSR count). The first kappa shape index (κ1) is 16.1. The van der Waals surface area contributed by atoms with Crippen LogP contribution in [0, 0.1) is 5.92 Å². The Morgan fingerprint density at radius 2 is 1.90 bits per heavy atom. The lowest BCUT2D eigenvalue weighted by molar-refractivity contribution is 0.103. The fourth-order valence-electron chi connectivity index (χ4n) is 2.63. The second-order valence-corrected chi connectivity index (χ2v) is 8.06. The number of sulfonamides is 1. The van der Waals surface area contributed by atoms with E-state index in [0.717, 1.165) is 12.8 Å². The predicted octanol–water partition coefficient (Wildman–Crippen LogP) is 2.48. The van der Waals surface area contributed by atoms with Gasteiger partial charge < -0.3 is 10.5 Å². The molecule has 6 heteroatoms. The van der Waals surface area contributed by atoms with Crippen LogP contribution in [0.1, 0.15) is 32.6 Å². The number of nitrogen functional groups attached to an aromatic ring is 1. The van der Waals surface area contributed by atoms with Crippen molar-refractivity contribution >= 4 is 15.7 Å². The summed E-state index contributed by atoms with van der Waals surface area (Å²) in [5.41, 5.74) is 6.34. The van der Waals surface area contributed by atoms with Gasteiger partial charge in [-0.3, -0.25) is 0 Å². The van der Waals surface area contributed by atoms with Crippen LogP contribution in [0.25, 0.3) is 0 Å². The van der Waals surface area contributed by atoms with Crippen molar-refractivity contribution in [1.82, 2.24) is 4.31 Å². The molecule has 0 spiro atoms. The summed E-state index contributed by atoms with van der Waals surface area (Å²) in [6.45, 7) is 2.19. The van der Waals surface area contributed by atoms with Crippen molar-refractivity contribution in [3.05, 3.63) is 18.2 Å². The summed E-state index contributed by atoms with van der Waals surface area (Å²) in [7, 11) is -0.463. The highest BCUT2D eigenvalue weighted by atomic mass is 32.2. The Kier molecular flexibility index (Phi) is 4.78. The third-order valence-electron chi connectivity index (χ3n) is 4.07. The molecule has 0 aromatic heterocycles. The van der Waals surface area contributed by atoms with Gasteiger partial charge in [0.2, 0.25) is 10.0 Å². The Hall–Kier alpha value is -1.27. The van der Waals surface area contributed by atoms with Crippen LogP contribution in [0.15, 0.2) is 23.1 Å². The third-order valence-corrected chi connectivity index (χ3v) is 5.88. The Labute approximate surface area is 127 Å². The van der Waals surface area contributed by atoms with Gasteiger partial charge >= 0.3 is 0 Å². The smallest absolute Gasteiger partial charge is 0.242 e. The van der Waals surface area contributed by atoms with Gasteiger partial charge in [0, 0.05) is 14.1 Å². The van der Waals surface area contributed by atoms with Gasteiger partial charge in [-0.2, -0.15) is 0 Å². The zero-order valence-corrected chi connectivity index (χ0v) is 13.7. The Bertz CT molecular complexity index is 599. The predicted molar refractivity (Wildman–Crippen MR) is 83.8 cm³/mol. The normalized spacial score (nSPS) is 23.2. The maximum atomic E-state index is 12.1. The summed E-state index contributed by atoms with van der Waals surface area (Å²) in [5, 5.41) is 0. The van der Waals surface area contributed by atoms with Gasteiger partial charge in [-0.15, -0.1) is 0 Å². The van der Waals surface area contributed by atoms with E-state index in [4.69, 9.17) is 10.5 Å². The first-order valence-electron chi connectivity index (χ1n) is 7.31. The maximum Gasteiger partial charge on any atom is 0.242 e. The van der Waals surface area contributed by atoms with E-state index in [1.807, 2.05) is 0 Å². The number of rotatable bonds is 4. The highest BCUT2D eigenvalue weighted by molar-refractivity contribution is 7.89. The number of anilines is 1. The molecule has 2 unspecified atom stereocenters. The molecule has 1 aromatic rings. The van der Waals surface area contributed by atoms with Gasteiger partial charge in [-0.1, -0.05) is 13.3 Å². The average Bonchev–Trinajstić information content (AvgIpc) is 2.43. The molecule has 2 atom stereocenters. The van der Waals surface area contributed by atoms with Crippen molar-refractivity contribution < 1.29 is 13.2 Å². The number of hydrogen-bond acceptors (Lipinski definition) is 4. The molecule has 118 valence electrons. The van der Waals surface area contributed by atoms with E-state index in [-0.39, 0.29) is 11.0 Å². The SMILES string of the molecule is CC1CCCCC1Oc1ccc(S(=O)(=O)N(C)C)cc1N. The highest BCUT2D eigenvalue weighted by Gasteiger charge is 2.24. The van der Waals surface area contributed by atoms with Gasteiger partial charge in [-0.05, 0) is 43.4 Å². The molecule has 1 aliphatic rings. The standard InChI is InChI=1S/C15H24N2O3S/c1-11-6-4-5-7-14(11)20-15-9-8-12(10-13(15)16)21(18,19)17(2)3/h8-11,14H,4-7,16H2,1-3H3. The molecule has 1 fully saturated rings. The molecule has 0 bridgehead atoms. The number of hydrogen-bond donors (Lipinski definition) is 1. The molecule has 0 heterocycles. The van der Waals surface area contributed by atoms with E-state index < -0.39 is 10.0 Å². The fraction of sp³-hybridized carbons (Fsp3) is 0.600. The first-order valence-corrected chi connectivity index (χ1v) is 8.75. The second-order valence-electron chi connectivity index (χ2n) is 5.91. The van der Waals surface area contributed by atoms with Crippen LogP contribution >= 0.6 is 0 Å². The summed E-state index contributed by atoms with van der Waals surface area (Å²) >= 11 is 0. The van der Waals surface area contributed by atoms with E-state index in [2.05, 4.69) is 6.92 Å². The molecule has 1 aliphatic carbocycles. The van der Waals surface area contributed by atoms with Crippen LogP contribution < -0.4 is 10.5 Å². The largest absolute Gasteiger partial charge is 0.488 e.